The molecule has 0 atom stereocenters. The monoisotopic (exact) mass is 217 g/mol. The molecule has 1 heterocycles. The Morgan fingerprint density at radius 3 is 2.31 bits per heavy atom. The lowest BCUT2D eigenvalue weighted by molar-refractivity contribution is 0.162. The summed E-state index contributed by atoms with van der Waals surface area (Å²) in [6.45, 7) is 7.77. The first-order chi connectivity index (χ1) is 7.79. The standard InChI is InChI=1S/C10H9N.C4H10O/c1-8-6-7-11-10-5-3-2-4-9(8)10;1-3-5-4-2/h2-7H,1H3;3-4H2,1-2H3. The molecule has 0 aliphatic heterocycles. The molecule has 0 unspecified atom stereocenters. The number of rotatable bonds is 2. The molecule has 0 aliphatic rings. The van der Waals surface area contributed by atoms with Gasteiger partial charge in [-0.15, -0.1) is 0 Å². The molecule has 2 heteroatoms. The Bertz CT molecular complexity index is 419. The summed E-state index contributed by atoms with van der Waals surface area (Å²) in [5, 5.41) is 1.25. The first-order valence-electron chi connectivity index (χ1n) is 5.67. The van der Waals surface area contributed by atoms with E-state index in [2.05, 4.69) is 18.0 Å². The van der Waals surface area contributed by atoms with Crippen molar-refractivity contribution in [1.29, 1.82) is 0 Å². The van der Waals surface area contributed by atoms with Crippen LogP contribution in [0.4, 0.5) is 0 Å². The van der Waals surface area contributed by atoms with Crippen molar-refractivity contribution in [2.75, 3.05) is 13.2 Å². The summed E-state index contributed by atoms with van der Waals surface area (Å²) in [4.78, 5) is 4.24. The molecule has 86 valence electrons. The molecule has 2 nitrogen and oxygen atoms in total. The van der Waals surface area contributed by atoms with Gasteiger partial charge in [0.05, 0.1) is 5.52 Å². The highest BCUT2D eigenvalue weighted by Gasteiger charge is 1.93. The molecule has 0 spiro atoms. The molecule has 16 heavy (non-hydrogen) atoms. The van der Waals surface area contributed by atoms with Gasteiger partial charge in [0.1, 0.15) is 0 Å². The van der Waals surface area contributed by atoms with E-state index in [0.29, 0.717) is 0 Å². The highest BCUT2D eigenvalue weighted by Crippen LogP contribution is 2.13. The van der Waals surface area contributed by atoms with Gasteiger partial charge >= 0.3 is 0 Å². The Labute approximate surface area is 97.3 Å². The van der Waals surface area contributed by atoms with E-state index >= 15 is 0 Å². The van der Waals surface area contributed by atoms with Crippen LogP contribution in [0.2, 0.25) is 0 Å². The van der Waals surface area contributed by atoms with Gasteiger partial charge in [-0.1, -0.05) is 18.2 Å². The highest BCUT2D eigenvalue weighted by atomic mass is 16.5. The number of hydrogen-bond acceptors (Lipinski definition) is 2. The smallest absolute Gasteiger partial charge is 0.0704 e. The lowest BCUT2D eigenvalue weighted by Gasteiger charge is -1.97. The molecule has 0 aliphatic carbocycles. The van der Waals surface area contributed by atoms with Crippen LogP contribution in [0, 0.1) is 6.92 Å². The van der Waals surface area contributed by atoms with Gasteiger partial charge < -0.3 is 4.74 Å². The summed E-state index contributed by atoms with van der Waals surface area (Å²) < 4.78 is 4.83. The average Bonchev–Trinajstić information content (AvgIpc) is 2.32. The van der Waals surface area contributed by atoms with Crippen molar-refractivity contribution in [2.24, 2.45) is 0 Å². The Morgan fingerprint density at radius 1 is 1.06 bits per heavy atom. The maximum absolute atomic E-state index is 4.83. The number of aromatic nitrogens is 1. The predicted octanol–water partition coefficient (Wildman–Crippen LogP) is 3.59. The third kappa shape index (κ3) is 3.63. The summed E-state index contributed by atoms with van der Waals surface area (Å²) in [6.07, 6.45) is 1.84. The van der Waals surface area contributed by atoms with Crippen molar-refractivity contribution < 1.29 is 4.74 Å². The summed E-state index contributed by atoms with van der Waals surface area (Å²) in [6, 6.07) is 10.2. The second-order valence-electron chi connectivity index (χ2n) is 3.43. The molecule has 2 rings (SSSR count). The van der Waals surface area contributed by atoms with E-state index in [4.69, 9.17) is 4.74 Å². The Morgan fingerprint density at radius 2 is 1.75 bits per heavy atom. The zero-order chi connectivity index (χ0) is 11.8. The number of fused-ring (bicyclic) bond motifs is 1. The van der Waals surface area contributed by atoms with E-state index < -0.39 is 0 Å². The molecule has 0 saturated carbocycles. The van der Waals surface area contributed by atoms with Crippen LogP contribution in [0.5, 0.6) is 0 Å². The van der Waals surface area contributed by atoms with E-state index in [1.54, 1.807) is 0 Å². The van der Waals surface area contributed by atoms with Crippen molar-refractivity contribution in [3.63, 3.8) is 0 Å². The van der Waals surface area contributed by atoms with Crippen LogP contribution in [0.25, 0.3) is 10.9 Å². The maximum atomic E-state index is 4.83. The molecular formula is C14H19NO. The van der Waals surface area contributed by atoms with E-state index in [1.807, 2.05) is 44.3 Å². The molecule has 0 bridgehead atoms. The van der Waals surface area contributed by atoms with Gasteiger partial charge in [-0.25, -0.2) is 0 Å². The van der Waals surface area contributed by atoms with Crippen molar-refractivity contribution in [2.45, 2.75) is 20.8 Å². The average molecular weight is 217 g/mol. The summed E-state index contributed by atoms with van der Waals surface area (Å²) in [5.74, 6) is 0. The number of nitrogens with zero attached hydrogens (tertiary/aromatic N) is 1. The first kappa shape index (κ1) is 12.7. The van der Waals surface area contributed by atoms with Crippen LogP contribution in [0.1, 0.15) is 19.4 Å². The maximum Gasteiger partial charge on any atom is 0.0704 e. The van der Waals surface area contributed by atoms with E-state index in [0.717, 1.165) is 18.7 Å². The quantitative estimate of drug-likeness (QED) is 0.767. The van der Waals surface area contributed by atoms with E-state index in [1.165, 1.54) is 10.9 Å². The zero-order valence-electron chi connectivity index (χ0n) is 10.2. The second-order valence-corrected chi connectivity index (χ2v) is 3.43. The van der Waals surface area contributed by atoms with Gasteiger partial charge in [0.2, 0.25) is 0 Å². The van der Waals surface area contributed by atoms with Crippen LogP contribution >= 0.6 is 0 Å². The van der Waals surface area contributed by atoms with Crippen LogP contribution in [-0.4, -0.2) is 18.2 Å². The van der Waals surface area contributed by atoms with Crippen molar-refractivity contribution in [3.05, 3.63) is 42.1 Å². The third-order valence-corrected chi connectivity index (χ3v) is 2.28. The lowest BCUT2D eigenvalue weighted by atomic mass is 10.1. The Balaban J connectivity index is 0.000000221. The minimum Gasteiger partial charge on any atom is -0.382 e. The van der Waals surface area contributed by atoms with Gasteiger partial charge in [-0.05, 0) is 38.5 Å². The van der Waals surface area contributed by atoms with E-state index in [9.17, 15) is 0 Å². The SMILES string of the molecule is CCOCC.Cc1ccnc2ccccc12. The number of aryl methyl sites for hydroxylation is 1. The predicted molar refractivity (Wildman–Crippen MR) is 68.6 cm³/mol. The minimum atomic E-state index is 0.844. The highest BCUT2D eigenvalue weighted by molar-refractivity contribution is 5.81. The molecule has 0 saturated heterocycles. The van der Waals surface area contributed by atoms with Gasteiger partial charge in [-0.2, -0.15) is 0 Å². The van der Waals surface area contributed by atoms with Crippen LogP contribution in [-0.2, 0) is 4.74 Å². The molecular weight excluding hydrogens is 198 g/mol. The van der Waals surface area contributed by atoms with Gasteiger partial charge in [0.25, 0.3) is 0 Å². The largest absolute Gasteiger partial charge is 0.382 e. The fourth-order valence-corrected chi connectivity index (χ4v) is 1.44. The van der Waals surface area contributed by atoms with Crippen molar-refractivity contribution in [3.8, 4) is 0 Å². The van der Waals surface area contributed by atoms with Crippen LogP contribution in [0.3, 0.4) is 0 Å². The molecule has 1 aromatic carbocycles. The van der Waals surface area contributed by atoms with E-state index in [-0.39, 0.29) is 0 Å². The molecule has 0 fully saturated rings. The number of ether oxygens (including phenoxy) is 1. The molecule has 0 N–H and O–H groups in total. The zero-order valence-corrected chi connectivity index (χ0v) is 10.2. The van der Waals surface area contributed by atoms with Gasteiger partial charge in [0, 0.05) is 24.8 Å². The van der Waals surface area contributed by atoms with Crippen molar-refractivity contribution >= 4 is 10.9 Å². The normalized spacial score (nSPS) is 9.69. The molecule has 0 amide bonds. The second kappa shape index (κ2) is 6.96. The van der Waals surface area contributed by atoms with Crippen LogP contribution < -0.4 is 0 Å². The summed E-state index contributed by atoms with van der Waals surface area (Å²) in [5.41, 5.74) is 2.36. The topological polar surface area (TPSA) is 22.1 Å². The fourth-order valence-electron chi connectivity index (χ4n) is 1.44. The Hall–Kier alpha value is -1.41. The third-order valence-electron chi connectivity index (χ3n) is 2.28. The first-order valence-corrected chi connectivity index (χ1v) is 5.67. The number of pyridine rings is 1. The van der Waals surface area contributed by atoms with Gasteiger partial charge in [0.15, 0.2) is 0 Å². The van der Waals surface area contributed by atoms with Crippen LogP contribution in [0.15, 0.2) is 36.5 Å². The number of para-hydroxylation sites is 1. The number of benzene rings is 1. The molecule has 1 aromatic heterocycles. The summed E-state index contributed by atoms with van der Waals surface area (Å²) in [7, 11) is 0. The molecule has 2 aromatic rings. The molecule has 0 radical (unpaired) electrons. The minimum absolute atomic E-state index is 0.844. The van der Waals surface area contributed by atoms with Crippen molar-refractivity contribution in [1.82, 2.24) is 4.98 Å². The lowest BCUT2D eigenvalue weighted by Crippen LogP contribution is -1.84. The Kier molecular flexibility index (Phi) is 5.51. The summed E-state index contributed by atoms with van der Waals surface area (Å²) >= 11 is 0. The number of hydrogen-bond donors (Lipinski definition) is 0. The fraction of sp³-hybridized carbons (Fsp3) is 0.357. The van der Waals surface area contributed by atoms with Gasteiger partial charge in [-0.3, -0.25) is 4.98 Å².